The van der Waals surface area contributed by atoms with Crippen LogP contribution in [0.5, 0.6) is 0 Å². The highest BCUT2D eigenvalue weighted by Crippen LogP contribution is 2.26. The van der Waals surface area contributed by atoms with Gasteiger partial charge in [-0.15, -0.1) is 0 Å². The monoisotopic (exact) mass is 392 g/mol. The molecule has 148 valence electrons. The Labute approximate surface area is 161 Å². The van der Waals surface area contributed by atoms with Crippen molar-refractivity contribution in [1.29, 1.82) is 0 Å². The van der Waals surface area contributed by atoms with Crippen LogP contribution in [0.25, 0.3) is 0 Å². The Morgan fingerprint density at radius 1 is 1.22 bits per heavy atom. The standard InChI is InChI=1S/C19H28N4O3S/c1-7-22(8-2)27(25,26)18-14(4)21-23(15(18)5)16(6)19(24)20-17-11-9-10-13(3)12-17/h9-12,16H,7-8H2,1-6H3,(H,20,24)/t16-/m0/s1. The third-order valence-corrected chi connectivity index (χ3v) is 6.90. The van der Waals surface area contributed by atoms with Crippen LogP contribution in [0, 0.1) is 20.8 Å². The molecule has 0 saturated carbocycles. The molecular weight excluding hydrogens is 364 g/mol. The molecule has 1 amide bonds. The molecule has 0 bridgehead atoms. The van der Waals surface area contributed by atoms with Gasteiger partial charge in [-0.1, -0.05) is 26.0 Å². The number of benzene rings is 1. The number of sulfonamides is 1. The van der Waals surface area contributed by atoms with Gasteiger partial charge in [0.05, 0.1) is 11.4 Å². The van der Waals surface area contributed by atoms with Gasteiger partial charge in [-0.2, -0.15) is 9.40 Å². The summed E-state index contributed by atoms with van der Waals surface area (Å²) in [5.74, 6) is -0.252. The average molecular weight is 393 g/mol. The summed E-state index contributed by atoms with van der Waals surface area (Å²) in [5.41, 5.74) is 2.60. The van der Waals surface area contributed by atoms with Crippen molar-refractivity contribution in [2.75, 3.05) is 18.4 Å². The van der Waals surface area contributed by atoms with Crippen molar-refractivity contribution in [3.8, 4) is 0 Å². The second-order valence-electron chi connectivity index (χ2n) is 6.57. The number of aromatic nitrogens is 2. The van der Waals surface area contributed by atoms with Gasteiger partial charge in [0.1, 0.15) is 10.9 Å². The average Bonchev–Trinajstić information content (AvgIpc) is 2.90. The van der Waals surface area contributed by atoms with Gasteiger partial charge in [0.15, 0.2) is 0 Å². The van der Waals surface area contributed by atoms with E-state index in [-0.39, 0.29) is 10.8 Å². The first kappa shape index (κ1) is 21.1. The normalized spacial score (nSPS) is 13.0. The summed E-state index contributed by atoms with van der Waals surface area (Å²) in [5, 5.41) is 7.22. The van der Waals surface area contributed by atoms with Crippen LogP contribution in [0.3, 0.4) is 0 Å². The Morgan fingerprint density at radius 2 is 1.85 bits per heavy atom. The second-order valence-corrected chi connectivity index (χ2v) is 8.44. The Balaban J connectivity index is 2.36. The summed E-state index contributed by atoms with van der Waals surface area (Å²) < 4.78 is 28.8. The maximum absolute atomic E-state index is 12.9. The number of carbonyl (C=O) groups is 1. The topological polar surface area (TPSA) is 84.3 Å². The predicted molar refractivity (Wildman–Crippen MR) is 106 cm³/mol. The number of hydrogen-bond acceptors (Lipinski definition) is 4. The van der Waals surface area contributed by atoms with E-state index in [0.29, 0.717) is 30.2 Å². The van der Waals surface area contributed by atoms with Crippen molar-refractivity contribution in [2.24, 2.45) is 0 Å². The fraction of sp³-hybridized carbons (Fsp3) is 0.474. The third-order valence-electron chi connectivity index (χ3n) is 4.59. The smallest absolute Gasteiger partial charge is 0.248 e. The van der Waals surface area contributed by atoms with E-state index >= 15 is 0 Å². The minimum Gasteiger partial charge on any atom is -0.324 e. The molecule has 1 aromatic carbocycles. The van der Waals surface area contributed by atoms with Gasteiger partial charge in [-0.05, 0) is 45.4 Å². The lowest BCUT2D eigenvalue weighted by molar-refractivity contribution is -0.119. The lowest BCUT2D eigenvalue weighted by atomic mass is 10.2. The predicted octanol–water partition coefficient (Wildman–Crippen LogP) is 3.04. The third kappa shape index (κ3) is 4.22. The maximum Gasteiger partial charge on any atom is 0.248 e. The van der Waals surface area contributed by atoms with Crippen LogP contribution < -0.4 is 5.32 Å². The van der Waals surface area contributed by atoms with E-state index in [0.717, 1.165) is 5.56 Å². The molecule has 0 fully saturated rings. The van der Waals surface area contributed by atoms with Crippen LogP contribution in [0.1, 0.15) is 43.8 Å². The van der Waals surface area contributed by atoms with E-state index in [4.69, 9.17) is 0 Å². The Hall–Kier alpha value is -2.19. The molecule has 0 aliphatic rings. The Morgan fingerprint density at radius 3 is 2.41 bits per heavy atom. The van der Waals surface area contributed by atoms with Gasteiger partial charge in [-0.25, -0.2) is 8.42 Å². The van der Waals surface area contributed by atoms with E-state index in [1.165, 1.54) is 8.99 Å². The van der Waals surface area contributed by atoms with E-state index in [1.807, 2.05) is 31.2 Å². The van der Waals surface area contributed by atoms with Crippen molar-refractivity contribution in [3.05, 3.63) is 41.2 Å². The van der Waals surface area contributed by atoms with Crippen molar-refractivity contribution in [2.45, 2.75) is 52.5 Å². The number of aryl methyl sites for hydroxylation is 2. The van der Waals surface area contributed by atoms with E-state index < -0.39 is 16.1 Å². The number of nitrogens with zero attached hydrogens (tertiary/aromatic N) is 3. The fourth-order valence-electron chi connectivity index (χ4n) is 3.17. The lowest BCUT2D eigenvalue weighted by Crippen LogP contribution is -2.31. The molecule has 1 heterocycles. The zero-order chi connectivity index (χ0) is 20.4. The summed E-state index contributed by atoms with van der Waals surface area (Å²) in [7, 11) is -3.65. The number of rotatable bonds is 7. The summed E-state index contributed by atoms with van der Waals surface area (Å²) in [6.45, 7) is 11.4. The molecule has 0 unspecified atom stereocenters. The van der Waals surface area contributed by atoms with Crippen LogP contribution in [0.15, 0.2) is 29.2 Å². The minimum absolute atomic E-state index is 0.182. The van der Waals surface area contributed by atoms with Gasteiger partial charge >= 0.3 is 0 Å². The molecule has 2 rings (SSSR count). The summed E-state index contributed by atoms with van der Waals surface area (Å²) >= 11 is 0. The Bertz CT molecular complexity index is 930. The minimum atomic E-state index is -3.65. The van der Waals surface area contributed by atoms with Crippen LogP contribution in [0.2, 0.25) is 0 Å². The van der Waals surface area contributed by atoms with Crippen molar-refractivity contribution < 1.29 is 13.2 Å². The first-order chi connectivity index (χ1) is 12.6. The number of hydrogen-bond donors (Lipinski definition) is 1. The van der Waals surface area contributed by atoms with Gasteiger partial charge in [0.2, 0.25) is 15.9 Å². The molecule has 0 saturated heterocycles. The fourth-order valence-corrected chi connectivity index (χ4v) is 4.99. The molecule has 0 aliphatic carbocycles. The van der Waals surface area contributed by atoms with Crippen LogP contribution >= 0.6 is 0 Å². The van der Waals surface area contributed by atoms with Crippen LogP contribution in [0.4, 0.5) is 5.69 Å². The SMILES string of the molecule is CCN(CC)S(=O)(=O)c1c(C)nn([C@@H](C)C(=O)Nc2cccc(C)c2)c1C. The summed E-state index contributed by atoms with van der Waals surface area (Å²) in [6.07, 6.45) is 0. The molecule has 8 heteroatoms. The van der Waals surface area contributed by atoms with E-state index in [9.17, 15) is 13.2 Å². The number of nitrogens with one attached hydrogen (secondary N) is 1. The maximum atomic E-state index is 12.9. The van der Waals surface area contributed by atoms with Crippen LogP contribution in [-0.4, -0.2) is 41.5 Å². The van der Waals surface area contributed by atoms with E-state index in [2.05, 4.69) is 10.4 Å². The van der Waals surface area contributed by atoms with Gasteiger partial charge in [0.25, 0.3) is 0 Å². The summed E-state index contributed by atoms with van der Waals surface area (Å²) in [4.78, 5) is 12.8. The van der Waals surface area contributed by atoms with Crippen molar-refractivity contribution >= 4 is 21.6 Å². The zero-order valence-corrected chi connectivity index (χ0v) is 17.6. The van der Waals surface area contributed by atoms with Crippen LogP contribution in [-0.2, 0) is 14.8 Å². The highest BCUT2D eigenvalue weighted by atomic mass is 32.2. The molecule has 0 radical (unpaired) electrons. The summed E-state index contributed by atoms with van der Waals surface area (Å²) in [6, 6.07) is 6.86. The first-order valence-corrected chi connectivity index (χ1v) is 10.5. The molecule has 2 aromatic rings. The molecule has 0 aliphatic heterocycles. The van der Waals surface area contributed by atoms with Crippen molar-refractivity contribution in [1.82, 2.24) is 14.1 Å². The molecular formula is C19H28N4O3S. The molecule has 1 N–H and O–H groups in total. The largest absolute Gasteiger partial charge is 0.324 e. The van der Waals surface area contributed by atoms with E-state index in [1.54, 1.807) is 34.6 Å². The number of carbonyl (C=O) groups excluding carboxylic acids is 1. The molecule has 1 atom stereocenters. The molecule has 0 spiro atoms. The molecule has 7 nitrogen and oxygen atoms in total. The second kappa shape index (κ2) is 8.22. The number of amides is 1. The van der Waals surface area contributed by atoms with Gasteiger partial charge in [0, 0.05) is 18.8 Å². The number of anilines is 1. The molecule has 1 aromatic heterocycles. The lowest BCUT2D eigenvalue weighted by Gasteiger charge is -2.19. The highest BCUT2D eigenvalue weighted by molar-refractivity contribution is 7.89. The van der Waals surface area contributed by atoms with Gasteiger partial charge in [-0.3, -0.25) is 9.48 Å². The molecule has 27 heavy (non-hydrogen) atoms. The Kier molecular flexibility index (Phi) is 6.43. The zero-order valence-electron chi connectivity index (χ0n) is 16.8. The van der Waals surface area contributed by atoms with Crippen molar-refractivity contribution in [3.63, 3.8) is 0 Å². The highest BCUT2D eigenvalue weighted by Gasteiger charge is 2.31. The quantitative estimate of drug-likeness (QED) is 0.785. The van der Waals surface area contributed by atoms with Gasteiger partial charge < -0.3 is 5.32 Å². The first-order valence-electron chi connectivity index (χ1n) is 9.06.